The Bertz CT molecular complexity index is 1120. The Labute approximate surface area is 241 Å². The minimum absolute atomic E-state index is 0.0947. The van der Waals surface area contributed by atoms with E-state index >= 15 is 0 Å². The lowest BCUT2D eigenvalue weighted by atomic mass is 9.33. The summed E-state index contributed by atoms with van der Waals surface area (Å²) < 4.78 is 11.8. The Morgan fingerprint density at radius 2 is 1.60 bits per heavy atom. The number of rotatable bonds is 2. The van der Waals surface area contributed by atoms with Gasteiger partial charge in [-0.2, -0.15) is 0 Å². The van der Waals surface area contributed by atoms with Gasteiger partial charge in [0.05, 0.1) is 6.10 Å². The predicted molar refractivity (Wildman–Crippen MR) is 154 cm³/mol. The number of Topliss-reactive ketones (excluding diaryl/α,β-unsaturated/α-hetero) is 1. The van der Waals surface area contributed by atoms with Crippen molar-refractivity contribution >= 4 is 5.78 Å². The molecule has 12 atom stereocenters. The third-order valence-corrected chi connectivity index (χ3v) is 15.0. The molecule has 0 aromatic rings. The molecular formula is C35H54O5. The highest BCUT2D eigenvalue weighted by atomic mass is 16.8. The number of aliphatic hydroxyl groups excluding tert-OH is 2. The highest BCUT2D eigenvalue weighted by Crippen LogP contribution is 2.76. The molecule has 7 rings (SSSR count). The van der Waals surface area contributed by atoms with Gasteiger partial charge in [-0.1, -0.05) is 60.1 Å². The molecule has 5 heteroatoms. The Hall–Kier alpha value is -0.750. The fourth-order valence-corrected chi connectivity index (χ4v) is 12.2. The molecule has 0 spiro atoms. The van der Waals surface area contributed by atoms with Gasteiger partial charge in [-0.25, -0.2) is 0 Å². The minimum Gasteiger partial charge on any atom is -0.388 e. The first-order chi connectivity index (χ1) is 18.6. The molecule has 0 aromatic carbocycles. The van der Waals surface area contributed by atoms with Gasteiger partial charge in [-0.3, -0.25) is 4.79 Å². The van der Waals surface area contributed by atoms with Crippen LogP contribution in [-0.4, -0.2) is 46.7 Å². The summed E-state index contributed by atoms with van der Waals surface area (Å²) in [5, 5.41) is 21.7. The molecule has 5 unspecified atom stereocenters. The fourth-order valence-electron chi connectivity index (χ4n) is 12.2. The molecule has 6 fully saturated rings. The van der Waals surface area contributed by atoms with Gasteiger partial charge in [0.25, 0.3) is 0 Å². The quantitative estimate of drug-likeness (QED) is 0.297. The van der Waals surface area contributed by atoms with Gasteiger partial charge < -0.3 is 19.7 Å². The summed E-state index contributed by atoms with van der Waals surface area (Å²) in [4.78, 5) is 13.1. The van der Waals surface area contributed by atoms with Crippen molar-refractivity contribution in [2.75, 3.05) is 0 Å². The molecule has 2 N–H and O–H groups in total. The van der Waals surface area contributed by atoms with Crippen molar-refractivity contribution in [1.82, 2.24) is 0 Å². The van der Waals surface area contributed by atoms with Crippen LogP contribution in [-0.2, 0) is 14.3 Å². The van der Waals surface area contributed by atoms with Crippen molar-refractivity contribution in [3.8, 4) is 0 Å². The summed E-state index contributed by atoms with van der Waals surface area (Å²) in [6.45, 7) is 17.2. The SMILES string of the molecule is CC1(C)CC[C@]2(C[C@@H]3OC4O[C@@H]4[C@H](O)C3O)CC[C@]3(C)C(=CCC4[C@@]5(C)CCC(=O)C(C)(C)C5CC[C@]43C)C2C1. The van der Waals surface area contributed by atoms with E-state index < -0.39 is 12.2 Å². The summed E-state index contributed by atoms with van der Waals surface area (Å²) in [5.74, 6) is 2.03. The van der Waals surface area contributed by atoms with Crippen LogP contribution in [0.1, 0.15) is 119 Å². The molecule has 0 radical (unpaired) electrons. The first-order valence-corrected chi connectivity index (χ1v) is 16.5. The molecule has 2 heterocycles. The maximum Gasteiger partial charge on any atom is 0.187 e. The van der Waals surface area contributed by atoms with Crippen molar-refractivity contribution in [2.45, 2.75) is 150 Å². The van der Waals surface area contributed by atoms with E-state index in [0.29, 0.717) is 29.0 Å². The number of aliphatic hydroxyl groups is 2. The lowest BCUT2D eigenvalue weighted by Crippen LogP contribution is -2.64. The highest BCUT2D eigenvalue weighted by molar-refractivity contribution is 5.85. The number of hydrogen-bond donors (Lipinski definition) is 2. The maximum atomic E-state index is 13.1. The Morgan fingerprint density at radius 3 is 2.35 bits per heavy atom. The summed E-state index contributed by atoms with van der Waals surface area (Å²) in [5.41, 5.74) is 2.43. The summed E-state index contributed by atoms with van der Waals surface area (Å²) >= 11 is 0. The normalized spacial score (nSPS) is 56.0. The van der Waals surface area contributed by atoms with E-state index in [1.165, 1.54) is 25.7 Å². The Kier molecular flexibility index (Phi) is 5.93. The largest absolute Gasteiger partial charge is 0.388 e. The third-order valence-electron chi connectivity index (χ3n) is 15.0. The molecule has 2 saturated heterocycles. The lowest BCUT2D eigenvalue weighted by molar-refractivity contribution is -0.191. The van der Waals surface area contributed by atoms with Crippen molar-refractivity contribution in [3.05, 3.63) is 11.6 Å². The highest BCUT2D eigenvalue weighted by Gasteiger charge is 2.69. The van der Waals surface area contributed by atoms with Crippen LogP contribution < -0.4 is 0 Å². The molecular weight excluding hydrogens is 500 g/mol. The standard InChI is InChI=1S/C35H54O5/c1-30(2)14-16-35(19-22-26(37)27(38)28-29(39-22)40-28)17-15-33(6)20(21(35)18-30)8-9-24-32(5)12-11-25(36)31(3,4)23(32)10-13-34(24,33)7/h8,21-24,26-29,37-38H,9-19H2,1-7H3/t21?,22-,23?,24?,26?,27+,28+,29?,32-,33+,34+,35+/m0/s1. The molecule has 0 bridgehead atoms. The molecule has 0 aromatic heterocycles. The molecule has 7 aliphatic rings. The van der Waals surface area contributed by atoms with E-state index in [-0.39, 0.29) is 45.6 Å². The minimum atomic E-state index is -0.878. The zero-order chi connectivity index (χ0) is 28.7. The first kappa shape index (κ1) is 28.0. The second-order valence-corrected chi connectivity index (χ2v) is 17.6. The van der Waals surface area contributed by atoms with Crippen molar-refractivity contribution in [2.24, 2.45) is 50.2 Å². The number of ether oxygens (including phenoxy) is 2. The van der Waals surface area contributed by atoms with Gasteiger partial charge in [0.2, 0.25) is 0 Å². The molecule has 224 valence electrons. The zero-order valence-corrected chi connectivity index (χ0v) is 26.1. The zero-order valence-electron chi connectivity index (χ0n) is 26.1. The van der Waals surface area contributed by atoms with E-state index in [4.69, 9.17) is 9.47 Å². The monoisotopic (exact) mass is 554 g/mol. The average Bonchev–Trinajstić information content (AvgIpc) is 3.66. The molecule has 5 aliphatic carbocycles. The molecule has 4 saturated carbocycles. The third kappa shape index (κ3) is 3.56. The molecule has 2 aliphatic heterocycles. The smallest absolute Gasteiger partial charge is 0.187 e. The predicted octanol–water partition coefficient (Wildman–Crippen LogP) is 6.59. The van der Waals surface area contributed by atoms with E-state index in [1.807, 2.05) is 0 Å². The van der Waals surface area contributed by atoms with Gasteiger partial charge in [0.1, 0.15) is 24.1 Å². The number of epoxide rings is 1. The summed E-state index contributed by atoms with van der Waals surface area (Å²) in [6.07, 6.45) is 11.9. The van der Waals surface area contributed by atoms with Gasteiger partial charge in [-0.15, -0.1) is 0 Å². The molecule has 40 heavy (non-hydrogen) atoms. The second kappa shape index (κ2) is 8.45. The van der Waals surface area contributed by atoms with Crippen LogP contribution in [0.25, 0.3) is 0 Å². The van der Waals surface area contributed by atoms with Crippen LogP contribution >= 0.6 is 0 Å². The van der Waals surface area contributed by atoms with Crippen molar-refractivity contribution < 1.29 is 24.5 Å². The number of hydrogen-bond acceptors (Lipinski definition) is 5. The first-order valence-electron chi connectivity index (χ1n) is 16.5. The van der Waals surface area contributed by atoms with Crippen molar-refractivity contribution in [3.63, 3.8) is 0 Å². The topological polar surface area (TPSA) is 79.3 Å². The van der Waals surface area contributed by atoms with Gasteiger partial charge >= 0.3 is 0 Å². The van der Waals surface area contributed by atoms with E-state index in [1.54, 1.807) is 5.57 Å². The lowest BCUT2D eigenvalue weighted by Gasteiger charge is -2.71. The summed E-state index contributed by atoms with van der Waals surface area (Å²) in [7, 11) is 0. The van der Waals surface area contributed by atoms with Crippen molar-refractivity contribution in [1.29, 1.82) is 0 Å². The van der Waals surface area contributed by atoms with Crippen LogP contribution in [0, 0.1) is 50.2 Å². The van der Waals surface area contributed by atoms with Crippen LogP contribution in [0.3, 0.4) is 0 Å². The van der Waals surface area contributed by atoms with Crippen LogP contribution in [0.5, 0.6) is 0 Å². The van der Waals surface area contributed by atoms with E-state index in [2.05, 4.69) is 54.5 Å². The number of fused-ring (bicyclic) bond motifs is 8. The molecule has 5 nitrogen and oxygen atoms in total. The van der Waals surface area contributed by atoms with Gasteiger partial charge in [0, 0.05) is 11.8 Å². The number of ketones is 1. The Morgan fingerprint density at radius 1 is 0.875 bits per heavy atom. The van der Waals surface area contributed by atoms with Gasteiger partial charge in [-0.05, 0) is 109 Å². The van der Waals surface area contributed by atoms with E-state index in [0.717, 1.165) is 44.9 Å². The number of carbonyl (C=O) groups is 1. The maximum absolute atomic E-state index is 13.1. The van der Waals surface area contributed by atoms with Crippen LogP contribution in [0.2, 0.25) is 0 Å². The van der Waals surface area contributed by atoms with Crippen LogP contribution in [0.4, 0.5) is 0 Å². The summed E-state index contributed by atoms with van der Waals surface area (Å²) in [6, 6.07) is 0. The second-order valence-electron chi connectivity index (χ2n) is 17.6. The average molecular weight is 555 g/mol. The van der Waals surface area contributed by atoms with Crippen LogP contribution in [0.15, 0.2) is 11.6 Å². The number of carbonyl (C=O) groups excluding carboxylic acids is 1. The van der Waals surface area contributed by atoms with E-state index in [9.17, 15) is 15.0 Å². The Balaban J connectivity index is 1.26. The number of allylic oxidation sites excluding steroid dienone is 2. The van der Waals surface area contributed by atoms with Gasteiger partial charge in [0.15, 0.2) is 6.29 Å². The fraction of sp³-hybridized carbons (Fsp3) is 0.914. The molecule has 0 amide bonds.